The molecule has 0 fully saturated rings. The predicted molar refractivity (Wildman–Crippen MR) is 67.1 cm³/mol. The van der Waals surface area contributed by atoms with Crippen molar-refractivity contribution in [3.8, 4) is 10.6 Å². The minimum atomic E-state index is 0.771. The van der Waals surface area contributed by atoms with E-state index in [1.807, 2.05) is 13.1 Å². The fraction of sp³-hybridized carbons (Fsp3) is 0.300. The van der Waals surface area contributed by atoms with E-state index in [-0.39, 0.29) is 0 Å². The van der Waals surface area contributed by atoms with Crippen LogP contribution in [0.5, 0.6) is 0 Å². The lowest BCUT2D eigenvalue weighted by atomic mass is 10.3. The fourth-order valence-electron chi connectivity index (χ4n) is 1.46. The highest BCUT2D eigenvalue weighted by atomic mass is 79.9. The minimum Gasteiger partial charge on any atom is -0.344 e. The normalized spacial score (nSPS) is 10.9. The number of imidazole rings is 1. The van der Waals surface area contributed by atoms with Gasteiger partial charge < -0.3 is 10.3 Å². The Labute approximate surface area is 101 Å². The van der Waals surface area contributed by atoms with Crippen molar-refractivity contribution in [1.82, 2.24) is 15.3 Å². The molecule has 3 nitrogen and oxygen atoms in total. The van der Waals surface area contributed by atoms with Gasteiger partial charge in [-0.25, -0.2) is 4.98 Å². The van der Waals surface area contributed by atoms with E-state index in [1.165, 1.54) is 4.88 Å². The molecule has 0 aliphatic carbocycles. The molecule has 0 aliphatic heterocycles. The number of hydrogen-bond acceptors (Lipinski definition) is 3. The quantitative estimate of drug-likeness (QED) is 0.910. The molecule has 0 saturated carbocycles. The summed E-state index contributed by atoms with van der Waals surface area (Å²) in [7, 11) is 1.92. The lowest BCUT2D eigenvalue weighted by molar-refractivity contribution is 0.771. The first kappa shape index (κ1) is 10.9. The smallest absolute Gasteiger partial charge is 0.121 e. The molecule has 2 N–H and O–H groups in total. The molecule has 0 spiro atoms. The number of halogens is 1. The van der Waals surface area contributed by atoms with Crippen LogP contribution >= 0.6 is 27.3 Å². The van der Waals surface area contributed by atoms with Crippen molar-refractivity contribution in [2.24, 2.45) is 0 Å². The number of aromatic amines is 1. The topological polar surface area (TPSA) is 40.7 Å². The average molecular weight is 286 g/mol. The molecule has 2 heterocycles. The van der Waals surface area contributed by atoms with Crippen LogP contribution in [0, 0.1) is 6.92 Å². The summed E-state index contributed by atoms with van der Waals surface area (Å²) in [5.74, 6) is 0.981. The molecule has 2 rings (SSSR count). The van der Waals surface area contributed by atoms with Crippen LogP contribution in [0.3, 0.4) is 0 Å². The number of aryl methyl sites for hydroxylation is 1. The molecule has 2 aromatic rings. The first-order chi connectivity index (χ1) is 7.20. The van der Waals surface area contributed by atoms with E-state index in [0.29, 0.717) is 0 Å². The molecule has 0 unspecified atom stereocenters. The number of rotatable bonds is 3. The number of nitrogens with zero attached hydrogens (tertiary/aromatic N) is 1. The number of H-pyrrole nitrogens is 1. The van der Waals surface area contributed by atoms with Crippen molar-refractivity contribution >= 4 is 27.3 Å². The third-order valence-corrected chi connectivity index (χ3v) is 3.71. The van der Waals surface area contributed by atoms with Gasteiger partial charge >= 0.3 is 0 Å². The summed E-state index contributed by atoms with van der Waals surface area (Å²) in [5, 5.41) is 3.08. The van der Waals surface area contributed by atoms with Crippen molar-refractivity contribution in [3.63, 3.8) is 0 Å². The Hall–Kier alpha value is -0.650. The summed E-state index contributed by atoms with van der Waals surface area (Å²) in [6.45, 7) is 2.82. The van der Waals surface area contributed by atoms with Gasteiger partial charge in [0.1, 0.15) is 11.5 Å². The zero-order valence-corrected chi connectivity index (χ0v) is 11.0. The van der Waals surface area contributed by atoms with Crippen molar-refractivity contribution in [2.45, 2.75) is 13.5 Å². The van der Waals surface area contributed by atoms with Crippen molar-refractivity contribution < 1.29 is 0 Å². The van der Waals surface area contributed by atoms with Crippen LogP contribution in [0.1, 0.15) is 11.5 Å². The third kappa shape index (κ3) is 2.30. The van der Waals surface area contributed by atoms with E-state index < -0.39 is 0 Å². The molecule has 15 heavy (non-hydrogen) atoms. The van der Waals surface area contributed by atoms with Gasteiger partial charge in [-0.15, -0.1) is 11.3 Å². The van der Waals surface area contributed by atoms with Gasteiger partial charge in [0.15, 0.2) is 0 Å². The number of nitrogens with one attached hydrogen (secondary N) is 2. The van der Waals surface area contributed by atoms with Crippen LogP contribution in [-0.2, 0) is 6.54 Å². The second-order valence-corrected chi connectivity index (χ2v) is 5.75. The van der Waals surface area contributed by atoms with Gasteiger partial charge in [0, 0.05) is 5.69 Å². The minimum absolute atomic E-state index is 0.771. The summed E-state index contributed by atoms with van der Waals surface area (Å²) in [5.41, 5.74) is 2.17. The fourth-order valence-corrected chi connectivity index (χ4v) is 2.89. The van der Waals surface area contributed by atoms with Crippen LogP contribution < -0.4 is 5.32 Å². The Bertz CT molecular complexity index is 461. The van der Waals surface area contributed by atoms with Gasteiger partial charge in [-0.2, -0.15) is 0 Å². The lowest BCUT2D eigenvalue weighted by Crippen LogP contribution is -2.06. The Morgan fingerprint density at radius 3 is 2.93 bits per heavy atom. The molecule has 0 aliphatic rings. The van der Waals surface area contributed by atoms with Crippen LogP contribution in [0.2, 0.25) is 0 Å². The molecule has 2 aromatic heterocycles. The van der Waals surface area contributed by atoms with Crippen molar-refractivity contribution in [2.75, 3.05) is 7.05 Å². The van der Waals surface area contributed by atoms with Crippen LogP contribution in [-0.4, -0.2) is 17.0 Å². The second-order valence-electron chi connectivity index (χ2n) is 3.29. The molecule has 0 saturated heterocycles. The molecule has 5 heteroatoms. The lowest BCUT2D eigenvalue weighted by Gasteiger charge is -1.91. The second kappa shape index (κ2) is 4.47. The van der Waals surface area contributed by atoms with E-state index in [1.54, 1.807) is 11.3 Å². The first-order valence-corrected chi connectivity index (χ1v) is 6.27. The monoisotopic (exact) mass is 285 g/mol. The Balaban J connectivity index is 2.35. The zero-order valence-electron chi connectivity index (χ0n) is 8.60. The summed E-state index contributed by atoms with van der Waals surface area (Å²) < 4.78 is 1.13. The SMILES string of the molecule is CNCc1nc(-c2ccc(Br)s2)c(C)[nH]1. The van der Waals surface area contributed by atoms with E-state index in [0.717, 1.165) is 27.5 Å². The highest BCUT2D eigenvalue weighted by Crippen LogP contribution is 2.31. The maximum Gasteiger partial charge on any atom is 0.121 e. The van der Waals surface area contributed by atoms with Gasteiger partial charge in [0.05, 0.1) is 15.2 Å². The molecule has 80 valence electrons. The number of aromatic nitrogens is 2. The van der Waals surface area contributed by atoms with Crippen molar-refractivity contribution in [3.05, 3.63) is 27.4 Å². The Morgan fingerprint density at radius 2 is 2.33 bits per heavy atom. The molecule has 0 bridgehead atoms. The Kier molecular flexibility index (Phi) is 3.23. The molecular formula is C10H12BrN3S. The standard InChI is InChI=1S/C10H12BrN3S/c1-6-10(7-3-4-8(11)15-7)14-9(13-6)5-12-2/h3-4,12H,5H2,1-2H3,(H,13,14). The van der Waals surface area contributed by atoms with E-state index >= 15 is 0 Å². The van der Waals surface area contributed by atoms with Crippen LogP contribution in [0.15, 0.2) is 15.9 Å². The van der Waals surface area contributed by atoms with Gasteiger partial charge in [-0.1, -0.05) is 0 Å². The highest BCUT2D eigenvalue weighted by Gasteiger charge is 2.10. The van der Waals surface area contributed by atoms with Gasteiger partial charge in [-0.05, 0) is 42.0 Å². The van der Waals surface area contributed by atoms with Gasteiger partial charge in [0.25, 0.3) is 0 Å². The van der Waals surface area contributed by atoms with E-state index in [2.05, 4.69) is 44.2 Å². The predicted octanol–water partition coefficient (Wildman–Crippen LogP) is 2.93. The summed E-state index contributed by atoms with van der Waals surface area (Å²) in [6.07, 6.45) is 0. The van der Waals surface area contributed by atoms with Gasteiger partial charge in [-0.3, -0.25) is 0 Å². The zero-order chi connectivity index (χ0) is 10.8. The summed E-state index contributed by atoms with van der Waals surface area (Å²) in [4.78, 5) is 9.02. The van der Waals surface area contributed by atoms with E-state index in [9.17, 15) is 0 Å². The number of hydrogen-bond donors (Lipinski definition) is 2. The molecule has 0 atom stereocenters. The average Bonchev–Trinajstić information content (AvgIpc) is 2.73. The highest BCUT2D eigenvalue weighted by molar-refractivity contribution is 9.11. The maximum absolute atomic E-state index is 4.55. The molecule has 0 amide bonds. The van der Waals surface area contributed by atoms with Crippen molar-refractivity contribution in [1.29, 1.82) is 0 Å². The first-order valence-electron chi connectivity index (χ1n) is 4.66. The van der Waals surface area contributed by atoms with Crippen LogP contribution in [0.25, 0.3) is 10.6 Å². The molecular weight excluding hydrogens is 274 g/mol. The summed E-state index contributed by atoms with van der Waals surface area (Å²) in [6, 6.07) is 4.13. The Morgan fingerprint density at radius 1 is 1.53 bits per heavy atom. The van der Waals surface area contributed by atoms with Gasteiger partial charge in [0.2, 0.25) is 0 Å². The summed E-state index contributed by atoms with van der Waals surface area (Å²) >= 11 is 5.16. The molecule has 0 radical (unpaired) electrons. The maximum atomic E-state index is 4.55. The molecule has 0 aromatic carbocycles. The van der Waals surface area contributed by atoms with E-state index in [4.69, 9.17) is 0 Å². The largest absolute Gasteiger partial charge is 0.344 e. The number of thiophene rings is 1. The van der Waals surface area contributed by atoms with Crippen LogP contribution in [0.4, 0.5) is 0 Å². The third-order valence-electron chi connectivity index (χ3n) is 2.08.